The Kier molecular flexibility index (Phi) is 6.92. The maximum Gasteiger partial charge on any atom is 0.224 e. The summed E-state index contributed by atoms with van der Waals surface area (Å²) in [6.07, 6.45) is 2.99. The largest absolute Gasteiger partial charge is 0.367 e. The second kappa shape index (κ2) is 9.38. The molecule has 5 heteroatoms. The van der Waals surface area contributed by atoms with E-state index in [0.717, 1.165) is 57.2 Å². The van der Waals surface area contributed by atoms with Crippen molar-refractivity contribution in [2.75, 3.05) is 56.0 Å². The average Bonchev–Trinajstić information content (AvgIpc) is 2.69. The molecule has 2 fully saturated rings. The Labute approximate surface area is 158 Å². The van der Waals surface area contributed by atoms with Crippen LogP contribution in [0, 0.1) is 11.8 Å². The number of hydrogen-bond acceptors (Lipinski definition) is 4. The Morgan fingerprint density at radius 3 is 2.58 bits per heavy atom. The van der Waals surface area contributed by atoms with Crippen LogP contribution in [0.25, 0.3) is 0 Å². The van der Waals surface area contributed by atoms with E-state index in [0.29, 0.717) is 18.3 Å². The van der Waals surface area contributed by atoms with Crippen molar-refractivity contribution in [2.24, 2.45) is 11.8 Å². The fraction of sp³-hybridized carbons (Fsp3) is 0.667. The van der Waals surface area contributed by atoms with Gasteiger partial charge < -0.3 is 20.4 Å². The number of carbonyl (C=O) groups excluding carboxylic acids is 1. The minimum absolute atomic E-state index is 0.149. The molecule has 2 saturated heterocycles. The van der Waals surface area contributed by atoms with Gasteiger partial charge >= 0.3 is 0 Å². The summed E-state index contributed by atoms with van der Waals surface area (Å²) in [4.78, 5) is 17.5. The second-order valence-electron chi connectivity index (χ2n) is 7.76. The SMILES string of the molecule is CCN1CCN(c2ccccc2NC(=O)CC(C)C2CCNCC2)CC1. The van der Waals surface area contributed by atoms with Gasteiger partial charge in [0.05, 0.1) is 11.4 Å². The topological polar surface area (TPSA) is 47.6 Å². The van der Waals surface area contributed by atoms with Crippen LogP contribution in [-0.4, -0.2) is 56.6 Å². The third-order valence-corrected chi connectivity index (χ3v) is 6.03. The van der Waals surface area contributed by atoms with Gasteiger partial charge in [0.2, 0.25) is 5.91 Å². The number of piperidine rings is 1. The number of benzene rings is 1. The maximum absolute atomic E-state index is 12.6. The van der Waals surface area contributed by atoms with Crippen molar-refractivity contribution in [3.63, 3.8) is 0 Å². The van der Waals surface area contributed by atoms with Gasteiger partial charge in [-0.05, 0) is 56.4 Å². The molecule has 1 aromatic carbocycles. The van der Waals surface area contributed by atoms with Gasteiger partial charge in [-0.2, -0.15) is 0 Å². The molecule has 1 amide bonds. The normalized spacial score (nSPS) is 20.8. The third-order valence-electron chi connectivity index (χ3n) is 6.03. The van der Waals surface area contributed by atoms with Crippen molar-refractivity contribution in [2.45, 2.75) is 33.1 Å². The summed E-state index contributed by atoms with van der Waals surface area (Å²) >= 11 is 0. The zero-order chi connectivity index (χ0) is 18.4. The van der Waals surface area contributed by atoms with Gasteiger partial charge in [0.1, 0.15) is 0 Å². The highest BCUT2D eigenvalue weighted by atomic mass is 16.1. The molecule has 26 heavy (non-hydrogen) atoms. The highest BCUT2D eigenvalue weighted by Gasteiger charge is 2.23. The van der Waals surface area contributed by atoms with Gasteiger partial charge in [0.15, 0.2) is 0 Å². The molecule has 1 unspecified atom stereocenters. The zero-order valence-electron chi connectivity index (χ0n) is 16.3. The molecule has 0 bridgehead atoms. The Morgan fingerprint density at radius 1 is 1.19 bits per heavy atom. The highest BCUT2D eigenvalue weighted by Crippen LogP contribution is 2.28. The van der Waals surface area contributed by atoms with Gasteiger partial charge in [0, 0.05) is 32.6 Å². The fourth-order valence-electron chi connectivity index (χ4n) is 4.23. The third kappa shape index (κ3) is 4.98. The van der Waals surface area contributed by atoms with Crippen molar-refractivity contribution in [3.05, 3.63) is 24.3 Å². The first-order chi connectivity index (χ1) is 12.7. The number of rotatable bonds is 6. The number of amides is 1. The summed E-state index contributed by atoms with van der Waals surface area (Å²) in [5.41, 5.74) is 2.12. The molecule has 2 aliphatic rings. The van der Waals surface area contributed by atoms with E-state index >= 15 is 0 Å². The minimum Gasteiger partial charge on any atom is -0.367 e. The standard InChI is InChI=1S/C21H34N4O/c1-3-24-12-14-25(15-13-24)20-7-5-4-6-19(20)23-21(26)16-17(2)18-8-10-22-11-9-18/h4-7,17-18,22H,3,8-16H2,1-2H3,(H,23,26). The van der Waals surface area contributed by atoms with E-state index in [1.54, 1.807) is 0 Å². The lowest BCUT2D eigenvalue weighted by Gasteiger charge is -2.36. The molecule has 0 spiro atoms. The molecule has 2 N–H and O–H groups in total. The van der Waals surface area contributed by atoms with E-state index in [4.69, 9.17) is 0 Å². The lowest BCUT2D eigenvalue weighted by molar-refractivity contribution is -0.117. The van der Waals surface area contributed by atoms with Crippen molar-refractivity contribution in [1.29, 1.82) is 0 Å². The van der Waals surface area contributed by atoms with Crippen LogP contribution in [-0.2, 0) is 4.79 Å². The Morgan fingerprint density at radius 2 is 1.88 bits per heavy atom. The van der Waals surface area contributed by atoms with Crippen molar-refractivity contribution in [3.8, 4) is 0 Å². The molecule has 144 valence electrons. The Hall–Kier alpha value is -1.59. The lowest BCUT2D eigenvalue weighted by Crippen LogP contribution is -2.46. The number of hydrogen-bond donors (Lipinski definition) is 2. The molecular formula is C21H34N4O. The molecule has 0 radical (unpaired) electrons. The Balaban J connectivity index is 1.58. The monoisotopic (exact) mass is 358 g/mol. The van der Waals surface area contributed by atoms with Crippen LogP contribution in [0.2, 0.25) is 0 Å². The van der Waals surface area contributed by atoms with Gasteiger partial charge in [-0.15, -0.1) is 0 Å². The summed E-state index contributed by atoms with van der Waals surface area (Å²) in [5, 5.41) is 6.60. The van der Waals surface area contributed by atoms with Crippen molar-refractivity contribution >= 4 is 17.3 Å². The van der Waals surface area contributed by atoms with Crippen LogP contribution in [0.15, 0.2) is 24.3 Å². The molecule has 3 rings (SSSR count). The van der Waals surface area contributed by atoms with E-state index in [9.17, 15) is 4.79 Å². The quantitative estimate of drug-likeness (QED) is 0.821. The molecule has 1 aromatic rings. The van der Waals surface area contributed by atoms with E-state index in [-0.39, 0.29) is 5.91 Å². The average molecular weight is 359 g/mol. The zero-order valence-corrected chi connectivity index (χ0v) is 16.3. The van der Waals surface area contributed by atoms with Crippen LogP contribution < -0.4 is 15.5 Å². The molecule has 5 nitrogen and oxygen atoms in total. The maximum atomic E-state index is 12.6. The molecule has 0 saturated carbocycles. The number of likely N-dealkylation sites (N-methyl/N-ethyl adjacent to an activating group) is 1. The summed E-state index contributed by atoms with van der Waals surface area (Å²) in [7, 11) is 0. The first kappa shape index (κ1) is 19.2. The fourth-order valence-corrected chi connectivity index (χ4v) is 4.23. The summed E-state index contributed by atoms with van der Waals surface area (Å²) in [5.74, 6) is 1.26. The van der Waals surface area contributed by atoms with E-state index in [2.05, 4.69) is 46.4 Å². The number of nitrogens with zero attached hydrogens (tertiary/aromatic N) is 2. The molecule has 2 heterocycles. The number of piperazine rings is 1. The van der Waals surface area contributed by atoms with E-state index in [1.807, 2.05) is 12.1 Å². The molecule has 1 atom stereocenters. The van der Waals surface area contributed by atoms with Gasteiger partial charge in [-0.25, -0.2) is 0 Å². The summed E-state index contributed by atoms with van der Waals surface area (Å²) in [6, 6.07) is 8.24. The number of para-hydroxylation sites is 2. The molecule has 2 aliphatic heterocycles. The van der Waals surface area contributed by atoms with Crippen LogP contribution >= 0.6 is 0 Å². The van der Waals surface area contributed by atoms with Gasteiger partial charge in [-0.1, -0.05) is 26.0 Å². The molecule has 0 aromatic heterocycles. The van der Waals surface area contributed by atoms with Crippen LogP contribution in [0.4, 0.5) is 11.4 Å². The summed E-state index contributed by atoms with van der Waals surface area (Å²) < 4.78 is 0. The van der Waals surface area contributed by atoms with Gasteiger partial charge in [-0.3, -0.25) is 4.79 Å². The Bertz CT molecular complexity index is 577. The number of carbonyl (C=O) groups is 1. The van der Waals surface area contributed by atoms with E-state index in [1.165, 1.54) is 12.8 Å². The number of anilines is 2. The van der Waals surface area contributed by atoms with E-state index < -0.39 is 0 Å². The van der Waals surface area contributed by atoms with Crippen LogP contribution in [0.5, 0.6) is 0 Å². The smallest absolute Gasteiger partial charge is 0.224 e. The van der Waals surface area contributed by atoms with Crippen molar-refractivity contribution in [1.82, 2.24) is 10.2 Å². The molecular weight excluding hydrogens is 324 g/mol. The minimum atomic E-state index is 0.149. The summed E-state index contributed by atoms with van der Waals surface area (Å²) in [6.45, 7) is 11.9. The predicted octanol–water partition coefficient (Wildman–Crippen LogP) is 2.79. The van der Waals surface area contributed by atoms with Crippen LogP contribution in [0.3, 0.4) is 0 Å². The highest BCUT2D eigenvalue weighted by molar-refractivity contribution is 5.94. The lowest BCUT2D eigenvalue weighted by atomic mass is 9.84. The second-order valence-corrected chi connectivity index (χ2v) is 7.76. The molecule has 0 aliphatic carbocycles. The first-order valence-electron chi connectivity index (χ1n) is 10.2. The van der Waals surface area contributed by atoms with Crippen molar-refractivity contribution < 1.29 is 4.79 Å². The van der Waals surface area contributed by atoms with Crippen LogP contribution in [0.1, 0.15) is 33.1 Å². The van der Waals surface area contributed by atoms with Gasteiger partial charge in [0.25, 0.3) is 0 Å². The number of nitrogens with one attached hydrogen (secondary N) is 2. The predicted molar refractivity (Wildman–Crippen MR) is 109 cm³/mol. The first-order valence-corrected chi connectivity index (χ1v) is 10.2.